The molecule has 1 aromatic heterocycles. The quantitative estimate of drug-likeness (QED) is 0.821. The summed E-state index contributed by atoms with van der Waals surface area (Å²) in [4.78, 5) is 4.66. The number of aromatic nitrogens is 1. The number of hydrogen-bond acceptors (Lipinski definition) is 3. The molecule has 2 aliphatic rings. The highest BCUT2D eigenvalue weighted by atomic mass is 16.5. The maximum Gasteiger partial charge on any atom is 0.232 e. The molecule has 0 N–H and O–H groups in total. The second-order valence-electron chi connectivity index (χ2n) is 6.28. The molecule has 3 rings (SSSR count). The fraction of sp³-hybridized carbons (Fsp3) is 0.647. The molecule has 0 spiro atoms. The Balaban J connectivity index is 1.83. The van der Waals surface area contributed by atoms with Gasteiger partial charge in [0.15, 0.2) is 0 Å². The minimum atomic E-state index is 0.236. The normalized spacial score (nSPS) is 25.6. The first-order valence-electron chi connectivity index (χ1n) is 7.86. The van der Waals surface area contributed by atoms with Crippen LogP contribution < -0.4 is 4.74 Å². The molecule has 0 bridgehead atoms. The van der Waals surface area contributed by atoms with Crippen molar-refractivity contribution in [3.8, 4) is 11.9 Å². The second-order valence-corrected chi connectivity index (χ2v) is 6.28. The van der Waals surface area contributed by atoms with Gasteiger partial charge in [0.05, 0.1) is 0 Å². The predicted octanol–water partition coefficient (Wildman–Crippen LogP) is 3.79. The Bertz CT molecular complexity index is 533. The van der Waals surface area contributed by atoms with Crippen LogP contribution >= 0.6 is 0 Å². The largest absolute Gasteiger partial charge is 0.473 e. The van der Waals surface area contributed by atoms with E-state index in [0.29, 0.717) is 11.4 Å². The highest BCUT2D eigenvalue weighted by Crippen LogP contribution is 2.30. The minimum absolute atomic E-state index is 0.236. The molecular formula is C17H22N2O. The van der Waals surface area contributed by atoms with E-state index in [1.807, 2.05) is 6.07 Å². The molecule has 20 heavy (non-hydrogen) atoms. The van der Waals surface area contributed by atoms with Gasteiger partial charge in [-0.05, 0) is 62.5 Å². The van der Waals surface area contributed by atoms with E-state index >= 15 is 0 Å². The van der Waals surface area contributed by atoms with Crippen LogP contribution in [0, 0.1) is 17.2 Å². The number of nitrogens with zero attached hydrogens (tertiary/aromatic N) is 2. The molecular weight excluding hydrogens is 248 g/mol. The third-order valence-corrected chi connectivity index (χ3v) is 4.55. The lowest BCUT2D eigenvalue weighted by Gasteiger charge is -2.27. The lowest BCUT2D eigenvalue weighted by atomic mass is 9.88. The fourth-order valence-corrected chi connectivity index (χ4v) is 3.43. The van der Waals surface area contributed by atoms with E-state index in [0.717, 1.165) is 37.3 Å². The standard InChI is InChI=1S/C17H22N2O/c1-12-5-4-7-15(9-12)20-17-14(11-18)10-13-6-2-3-8-16(13)19-17/h10,12,15H,2-9H2,1H3. The van der Waals surface area contributed by atoms with E-state index in [1.165, 1.54) is 31.2 Å². The van der Waals surface area contributed by atoms with Crippen LogP contribution in [-0.4, -0.2) is 11.1 Å². The van der Waals surface area contributed by atoms with Gasteiger partial charge in [0, 0.05) is 5.69 Å². The first kappa shape index (κ1) is 13.4. The number of aryl methyl sites for hydroxylation is 2. The van der Waals surface area contributed by atoms with Crippen LogP contribution in [-0.2, 0) is 12.8 Å². The van der Waals surface area contributed by atoms with Crippen molar-refractivity contribution in [1.29, 1.82) is 5.26 Å². The van der Waals surface area contributed by atoms with E-state index in [-0.39, 0.29) is 6.10 Å². The smallest absolute Gasteiger partial charge is 0.232 e. The summed E-state index contributed by atoms with van der Waals surface area (Å²) >= 11 is 0. The zero-order valence-corrected chi connectivity index (χ0v) is 12.2. The van der Waals surface area contributed by atoms with Crippen molar-refractivity contribution in [2.75, 3.05) is 0 Å². The third-order valence-electron chi connectivity index (χ3n) is 4.55. The fourth-order valence-electron chi connectivity index (χ4n) is 3.43. The molecule has 1 aromatic rings. The van der Waals surface area contributed by atoms with Gasteiger partial charge < -0.3 is 4.74 Å². The SMILES string of the molecule is CC1CCCC(Oc2nc3c(cc2C#N)CCCC3)C1. The summed E-state index contributed by atoms with van der Waals surface area (Å²) in [6.07, 6.45) is 9.42. The molecule has 2 aliphatic carbocycles. The molecule has 3 heteroatoms. The van der Waals surface area contributed by atoms with Crippen LogP contribution in [0.1, 0.15) is 62.3 Å². The Morgan fingerprint density at radius 3 is 2.90 bits per heavy atom. The zero-order chi connectivity index (χ0) is 13.9. The van der Waals surface area contributed by atoms with Crippen LogP contribution in [0.25, 0.3) is 0 Å². The molecule has 1 heterocycles. The van der Waals surface area contributed by atoms with Crippen LogP contribution in [0.4, 0.5) is 0 Å². The zero-order valence-electron chi connectivity index (χ0n) is 12.2. The monoisotopic (exact) mass is 270 g/mol. The Morgan fingerprint density at radius 2 is 2.10 bits per heavy atom. The van der Waals surface area contributed by atoms with Gasteiger partial charge in [-0.25, -0.2) is 4.98 Å². The van der Waals surface area contributed by atoms with Gasteiger partial charge in [-0.3, -0.25) is 0 Å². The van der Waals surface area contributed by atoms with Crippen molar-refractivity contribution < 1.29 is 4.74 Å². The van der Waals surface area contributed by atoms with Crippen molar-refractivity contribution in [3.05, 3.63) is 22.9 Å². The molecule has 0 amide bonds. The van der Waals surface area contributed by atoms with Gasteiger partial charge in [0.25, 0.3) is 0 Å². The first-order chi connectivity index (χ1) is 9.76. The Morgan fingerprint density at radius 1 is 1.25 bits per heavy atom. The molecule has 0 aromatic carbocycles. The van der Waals surface area contributed by atoms with Gasteiger partial charge >= 0.3 is 0 Å². The van der Waals surface area contributed by atoms with E-state index in [9.17, 15) is 5.26 Å². The summed E-state index contributed by atoms with van der Waals surface area (Å²) in [5.74, 6) is 1.30. The summed E-state index contributed by atoms with van der Waals surface area (Å²) in [7, 11) is 0. The van der Waals surface area contributed by atoms with Gasteiger partial charge in [-0.2, -0.15) is 5.26 Å². The lowest BCUT2D eigenvalue weighted by Crippen LogP contribution is -2.25. The highest BCUT2D eigenvalue weighted by Gasteiger charge is 2.23. The van der Waals surface area contributed by atoms with E-state index < -0.39 is 0 Å². The molecule has 0 saturated heterocycles. The van der Waals surface area contributed by atoms with Gasteiger partial charge in [-0.1, -0.05) is 13.3 Å². The topological polar surface area (TPSA) is 45.9 Å². The molecule has 106 valence electrons. The molecule has 1 fully saturated rings. The van der Waals surface area contributed by atoms with Gasteiger partial charge in [-0.15, -0.1) is 0 Å². The van der Waals surface area contributed by atoms with E-state index in [4.69, 9.17) is 4.74 Å². The Labute approximate surface area is 121 Å². The average Bonchev–Trinajstić information content (AvgIpc) is 2.46. The lowest BCUT2D eigenvalue weighted by molar-refractivity contribution is 0.123. The average molecular weight is 270 g/mol. The number of fused-ring (bicyclic) bond motifs is 1. The third kappa shape index (κ3) is 2.80. The number of nitriles is 1. The van der Waals surface area contributed by atoms with Crippen LogP contribution in [0.3, 0.4) is 0 Å². The molecule has 2 unspecified atom stereocenters. The molecule has 3 nitrogen and oxygen atoms in total. The molecule has 0 aliphatic heterocycles. The summed E-state index contributed by atoms with van der Waals surface area (Å²) in [5, 5.41) is 9.33. The summed E-state index contributed by atoms with van der Waals surface area (Å²) in [5.41, 5.74) is 3.01. The molecule has 2 atom stereocenters. The van der Waals surface area contributed by atoms with Gasteiger partial charge in [0.1, 0.15) is 17.7 Å². The van der Waals surface area contributed by atoms with Gasteiger partial charge in [0.2, 0.25) is 5.88 Å². The van der Waals surface area contributed by atoms with Crippen molar-refractivity contribution in [2.45, 2.75) is 64.4 Å². The number of pyridine rings is 1. The Kier molecular flexibility index (Phi) is 3.91. The first-order valence-corrected chi connectivity index (χ1v) is 7.86. The molecule has 0 radical (unpaired) electrons. The van der Waals surface area contributed by atoms with Crippen molar-refractivity contribution in [3.63, 3.8) is 0 Å². The summed E-state index contributed by atoms with van der Waals surface area (Å²) in [6.45, 7) is 2.28. The Hall–Kier alpha value is -1.56. The number of hydrogen-bond donors (Lipinski definition) is 0. The maximum atomic E-state index is 9.33. The van der Waals surface area contributed by atoms with E-state index in [2.05, 4.69) is 18.0 Å². The van der Waals surface area contributed by atoms with Crippen molar-refractivity contribution in [2.24, 2.45) is 5.92 Å². The maximum absolute atomic E-state index is 9.33. The van der Waals surface area contributed by atoms with Crippen LogP contribution in [0.15, 0.2) is 6.07 Å². The van der Waals surface area contributed by atoms with Crippen LogP contribution in [0.2, 0.25) is 0 Å². The molecule has 1 saturated carbocycles. The highest BCUT2D eigenvalue weighted by molar-refractivity contribution is 5.43. The number of ether oxygens (including phenoxy) is 1. The summed E-state index contributed by atoms with van der Waals surface area (Å²) in [6, 6.07) is 4.26. The van der Waals surface area contributed by atoms with Crippen LogP contribution in [0.5, 0.6) is 5.88 Å². The van der Waals surface area contributed by atoms with E-state index in [1.54, 1.807) is 0 Å². The van der Waals surface area contributed by atoms with Crippen molar-refractivity contribution >= 4 is 0 Å². The number of rotatable bonds is 2. The predicted molar refractivity (Wildman–Crippen MR) is 77.6 cm³/mol. The second kappa shape index (κ2) is 5.83. The minimum Gasteiger partial charge on any atom is -0.473 e. The van der Waals surface area contributed by atoms with Crippen molar-refractivity contribution in [1.82, 2.24) is 4.98 Å². The summed E-state index contributed by atoms with van der Waals surface area (Å²) < 4.78 is 6.08.